The second-order valence-corrected chi connectivity index (χ2v) is 17.7. The third kappa shape index (κ3) is 7.29. The fourth-order valence-electron chi connectivity index (χ4n) is 6.97. The highest BCUT2D eigenvalue weighted by atomic mass is 32.1. The number of fused-ring (bicyclic) bond motifs is 3. The summed E-state index contributed by atoms with van der Waals surface area (Å²) in [6, 6.07) is 23.7. The molecule has 0 saturated heterocycles. The third-order valence-electron chi connectivity index (χ3n) is 9.62. The van der Waals surface area contributed by atoms with Crippen LogP contribution < -0.4 is 4.74 Å². The van der Waals surface area contributed by atoms with Gasteiger partial charge in [0.2, 0.25) is 0 Å². The van der Waals surface area contributed by atoms with E-state index in [1.807, 2.05) is 36.5 Å². The molecule has 284 valence electrons. The lowest BCUT2D eigenvalue weighted by Gasteiger charge is -2.17. The maximum atomic E-state index is 13.0. The molecule has 0 atom stereocenters. The van der Waals surface area contributed by atoms with Gasteiger partial charge >= 0.3 is 11.9 Å². The van der Waals surface area contributed by atoms with Gasteiger partial charge < -0.3 is 24.4 Å². The molecule has 9 nitrogen and oxygen atoms in total. The van der Waals surface area contributed by atoms with Gasteiger partial charge in [-0.3, -0.25) is 14.4 Å². The van der Waals surface area contributed by atoms with Gasteiger partial charge in [-0.15, -0.1) is 45.3 Å². The highest BCUT2D eigenvalue weighted by Crippen LogP contribution is 2.49. The Kier molecular flexibility index (Phi) is 10.8. The van der Waals surface area contributed by atoms with Crippen molar-refractivity contribution in [3.8, 4) is 51.5 Å². The minimum atomic E-state index is -1.37. The number of carboxylic acids is 2. The van der Waals surface area contributed by atoms with E-state index in [1.165, 1.54) is 75.4 Å². The second-order valence-electron chi connectivity index (χ2n) is 13.5. The lowest BCUT2D eigenvalue weighted by atomic mass is 10.1. The van der Waals surface area contributed by atoms with Crippen LogP contribution in [0, 0.1) is 39.0 Å². The molecule has 0 unspecified atom stereocenters. The Balaban J connectivity index is 1.18. The van der Waals surface area contributed by atoms with Gasteiger partial charge in [0.15, 0.2) is 0 Å². The van der Waals surface area contributed by atoms with Crippen LogP contribution in [-0.4, -0.2) is 57.7 Å². The van der Waals surface area contributed by atoms with E-state index in [4.69, 9.17) is 4.74 Å². The number of carbonyl (C=O) groups is 3. The Bertz CT molecular complexity index is 2770. The number of aliphatic carboxylic acids is 2. The molecule has 0 radical (unpaired) electrons. The van der Waals surface area contributed by atoms with E-state index in [0.717, 1.165) is 38.1 Å². The van der Waals surface area contributed by atoms with Crippen molar-refractivity contribution in [3.05, 3.63) is 93.4 Å². The topological polar surface area (TPSA) is 133 Å². The number of benzene rings is 2. The van der Waals surface area contributed by atoms with Gasteiger partial charge in [0, 0.05) is 67.4 Å². The molecular weight excluding hydrogens is 783 g/mol. The van der Waals surface area contributed by atoms with Gasteiger partial charge in [0.05, 0.1) is 7.11 Å². The van der Waals surface area contributed by atoms with Crippen LogP contribution >= 0.6 is 45.3 Å². The fourth-order valence-corrected chi connectivity index (χ4v) is 12.1. The first-order valence-electron chi connectivity index (χ1n) is 17.7. The molecule has 7 rings (SSSR count). The van der Waals surface area contributed by atoms with E-state index in [2.05, 4.69) is 80.8 Å². The molecule has 0 bridgehead atoms. The van der Waals surface area contributed by atoms with Crippen LogP contribution in [0.2, 0.25) is 0 Å². The number of carboxylic acid groups (broad SMARTS) is 2. The quantitative estimate of drug-likeness (QED) is 0.0926. The zero-order chi connectivity index (χ0) is 40.0. The van der Waals surface area contributed by atoms with Crippen LogP contribution in [0.3, 0.4) is 0 Å². The smallest absolute Gasteiger partial charge is 0.323 e. The number of hydrogen-bond acceptors (Lipinski definition) is 9. The number of amides is 1. The van der Waals surface area contributed by atoms with Gasteiger partial charge in [0.25, 0.3) is 5.91 Å². The second kappa shape index (κ2) is 15.5. The van der Waals surface area contributed by atoms with Crippen molar-refractivity contribution in [2.75, 3.05) is 20.2 Å². The monoisotopic (exact) mass is 819 g/mol. The minimum absolute atomic E-state index is 0.327. The largest absolute Gasteiger partial charge is 0.497 e. The number of aromatic nitrogens is 1. The molecular formula is C43H37N3O6S4. The summed E-state index contributed by atoms with van der Waals surface area (Å²) in [5, 5.41) is 30.6. The van der Waals surface area contributed by atoms with Crippen molar-refractivity contribution >= 4 is 91.1 Å². The molecule has 7 aromatic rings. The Morgan fingerprint density at radius 2 is 1.23 bits per heavy atom. The summed E-state index contributed by atoms with van der Waals surface area (Å²) in [7, 11) is 1.70. The van der Waals surface area contributed by atoms with Gasteiger partial charge in [-0.05, 0) is 123 Å². The number of aryl methyl sites for hydroxylation is 5. The average Bonchev–Trinajstić information content (AvgIpc) is 3.98. The molecule has 0 aliphatic heterocycles. The number of hydrogen-bond donors (Lipinski definition) is 2. The highest BCUT2D eigenvalue weighted by Gasteiger charge is 2.24. The Labute approximate surface area is 339 Å². The van der Waals surface area contributed by atoms with E-state index in [1.54, 1.807) is 29.8 Å². The summed E-state index contributed by atoms with van der Waals surface area (Å²) in [5.74, 6) is -2.84. The van der Waals surface area contributed by atoms with E-state index in [0.29, 0.717) is 9.78 Å². The summed E-state index contributed by atoms with van der Waals surface area (Å²) in [6.07, 6.45) is 1.42. The lowest BCUT2D eigenvalue weighted by molar-refractivity contribution is -0.147. The van der Waals surface area contributed by atoms with Crippen molar-refractivity contribution in [2.24, 2.45) is 0 Å². The minimum Gasteiger partial charge on any atom is -0.497 e. The number of methoxy groups -OCH3 is 1. The first kappa shape index (κ1) is 38.7. The molecule has 0 spiro atoms. The van der Waals surface area contributed by atoms with Gasteiger partial charge in [0.1, 0.15) is 30.5 Å². The molecule has 0 fully saturated rings. The summed E-state index contributed by atoms with van der Waals surface area (Å²) >= 11 is 6.73. The van der Waals surface area contributed by atoms with Gasteiger partial charge in [-0.25, -0.2) is 0 Å². The Hall–Kier alpha value is -5.52. The molecule has 0 aliphatic rings. The molecule has 5 aromatic heterocycles. The Morgan fingerprint density at radius 3 is 1.77 bits per heavy atom. The van der Waals surface area contributed by atoms with Crippen molar-refractivity contribution in [1.82, 2.24) is 9.47 Å². The van der Waals surface area contributed by atoms with Gasteiger partial charge in [-0.1, -0.05) is 6.07 Å². The molecule has 13 heteroatoms. The molecule has 1 amide bonds. The standard InChI is InChI=1S/C43H37N3O6S4/c1-7-46-31-10-8-26(16-29(31)30-18-28(52-6)9-11-32(30)46)34-13-23(3)41(54-34)36-15-25(5)42(56-36)37-14-24(4)40(55-37)35-12-22(2)33(53-35)17-27(19-44)43(51)45(20-38(47)48)21-39(49)50/h8-18H,7,20-21H2,1-6H3,(H,47,48)(H,49,50)/b27-17+. The lowest BCUT2D eigenvalue weighted by Crippen LogP contribution is -2.39. The first-order valence-corrected chi connectivity index (χ1v) is 20.9. The first-order chi connectivity index (χ1) is 26.8. The predicted molar refractivity (Wildman–Crippen MR) is 229 cm³/mol. The van der Waals surface area contributed by atoms with Crippen LogP contribution in [0.15, 0.2) is 66.2 Å². The number of carbonyl (C=O) groups excluding carboxylic acids is 1. The maximum Gasteiger partial charge on any atom is 0.323 e. The van der Waals surface area contributed by atoms with Crippen LogP contribution in [0.25, 0.3) is 67.6 Å². The fraction of sp³-hybridized carbons (Fsp3) is 0.209. The number of thiophene rings is 4. The number of ether oxygens (including phenoxy) is 1. The van der Waals surface area contributed by atoms with Crippen molar-refractivity contribution in [2.45, 2.75) is 41.2 Å². The van der Waals surface area contributed by atoms with Gasteiger partial charge in [-0.2, -0.15) is 5.26 Å². The summed E-state index contributed by atoms with van der Waals surface area (Å²) in [6.45, 7) is 9.68. The normalized spacial score (nSPS) is 11.7. The number of nitrogens with zero attached hydrogens (tertiary/aromatic N) is 3. The summed E-state index contributed by atoms with van der Waals surface area (Å²) in [4.78, 5) is 45.0. The maximum absolute atomic E-state index is 13.0. The van der Waals surface area contributed by atoms with Crippen LogP contribution in [0.4, 0.5) is 0 Å². The van der Waals surface area contributed by atoms with Crippen molar-refractivity contribution in [3.63, 3.8) is 0 Å². The van der Waals surface area contributed by atoms with E-state index in [-0.39, 0.29) is 5.57 Å². The average molecular weight is 820 g/mol. The summed E-state index contributed by atoms with van der Waals surface area (Å²) < 4.78 is 7.92. The zero-order valence-corrected chi connectivity index (χ0v) is 34.7. The highest BCUT2D eigenvalue weighted by molar-refractivity contribution is 7.29. The molecule has 56 heavy (non-hydrogen) atoms. The van der Waals surface area contributed by atoms with Crippen LogP contribution in [0.5, 0.6) is 5.75 Å². The number of nitriles is 1. The number of rotatable bonds is 12. The van der Waals surface area contributed by atoms with Crippen molar-refractivity contribution in [1.29, 1.82) is 5.26 Å². The van der Waals surface area contributed by atoms with Crippen LogP contribution in [0.1, 0.15) is 34.1 Å². The third-order valence-corrected chi connectivity index (χ3v) is 15.1. The van der Waals surface area contributed by atoms with Crippen molar-refractivity contribution < 1.29 is 29.3 Å². The SMILES string of the molecule is CCn1c2ccc(OC)cc2c2cc(-c3cc(C)c(-c4cc(C)c(-c5cc(C)c(-c6cc(C)c(/C=C(\C#N)C(=O)N(CC(=O)O)CC(=O)O)s6)s5)s4)s3)ccc21. The van der Waals surface area contributed by atoms with E-state index in [9.17, 15) is 29.9 Å². The predicted octanol–water partition coefficient (Wildman–Crippen LogP) is 10.9. The summed E-state index contributed by atoms with van der Waals surface area (Å²) in [5.41, 5.74) is 7.65. The molecule has 2 N–H and O–H groups in total. The molecule has 2 aromatic carbocycles. The van der Waals surface area contributed by atoms with E-state index >= 15 is 0 Å². The Morgan fingerprint density at radius 1 is 0.732 bits per heavy atom. The molecule has 0 aliphatic carbocycles. The zero-order valence-electron chi connectivity index (χ0n) is 31.5. The van der Waals surface area contributed by atoms with E-state index < -0.39 is 30.9 Å². The molecule has 0 saturated carbocycles. The molecule has 5 heterocycles. The van der Waals surface area contributed by atoms with Crippen LogP contribution in [-0.2, 0) is 20.9 Å².